The average Bonchev–Trinajstić information content (AvgIpc) is 2.74. The van der Waals surface area contributed by atoms with E-state index in [1.54, 1.807) is 0 Å². The molecule has 0 aliphatic heterocycles. The second-order valence-corrected chi connectivity index (χ2v) is 6.82. The lowest BCUT2D eigenvalue weighted by Gasteiger charge is -2.08. The number of rotatable bonds is 7. The van der Waals surface area contributed by atoms with Gasteiger partial charge in [-0.1, -0.05) is 30.3 Å². The lowest BCUT2D eigenvalue weighted by Crippen LogP contribution is -2.17. The van der Waals surface area contributed by atoms with Crippen LogP contribution >= 0.6 is 15.9 Å². The first-order valence-corrected chi connectivity index (χ1v) is 9.36. The molecule has 0 fully saturated rings. The molecular weight excluding hydrogens is 438 g/mol. The van der Waals surface area contributed by atoms with E-state index in [-0.39, 0.29) is 11.3 Å². The molecule has 0 unspecified atom stereocenters. The van der Waals surface area contributed by atoms with Crippen molar-refractivity contribution < 1.29 is 14.5 Å². The number of hydrazone groups is 1. The van der Waals surface area contributed by atoms with E-state index >= 15 is 0 Å². The lowest BCUT2D eigenvalue weighted by molar-refractivity contribution is -0.384. The minimum Gasteiger partial charge on any atom is -0.488 e. The highest BCUT2D eigenvalue weighted by molar-refractivity contribution is 9.10. The number of carbonyl (C=O) groups excluding carboxylic acids is 1. The maximum absolute atomic E-state index is 12.0. The highest BCUT2D eigenvalue weighted by Crippen LogP contribution is 2.26. The Hall–Kier alpha value is -3.52. The Kier molecular flexibility index (Phi) is 6.70. The van der Waals surface area contributed by atoms with E-state index in [9.17, 15) is 14.9 Å². The largest absolute Gasteiger partial charge is 0.488 e. The Morgan fingerprint density at radius 3 is 2.48 bits per heavy atom. The molecular formula is C21H16BrN3O4. The van der Waals surface area contributed by atoms with Crippen LogP contribution < -0.4 is 10.2 Å². The van der Waals surface area contributed by atoms with Crippen LogP contribution in [0.2, 0.25) is 0 Å². The van der Waals surface area contributed by atoms with Gasteiger partial charge in [-0.25, -0.2) is 5.43 Å². The summed E-state index contributed by atoms with van der Waals surface area (Å²) >= 11 is 3.47. The molecule has 0 radical (unpaired) electrons. The molecule has 8 heteroatoms. The van der Waals surface area contributed by atoms with Crippen LogP contribution in [0.1, 0.15) is 21.5 Å². The van der Waals surface area contributed by atoms with E-state index in [4.69, 9.17) is 4.74 Å². The van der Waals surface area contributed by atoms with Gasteiger partial charge in [-0.05, 0) is 57.4 Å². The zero-order chi connectivity index (χ0) is 20.6. The Balaban J connectivity index is 1.57. The Morgan fingerprint density at radius 2 is 1.83 bits per heavy atom. The Morgan fingerprint density at radius 1 is 1.10 bits per heavy atom. The van der Waals surface area contributed by atoms with Gasteiger partial charge < -0.3 is 4.74 Å². The molecule has 7 nitrogen and oxygen atoms in total. The number of benzene rings is 3. The van der Waals surface area contributed by atoms with Crippen LogP contribution in [-0.2, 0) is 6.61 Å². The number of ether oxygens (including phenoxy) is 1. The third kappa shape index (κ3) is 5.73. The summed E-state index contributed by atoms with van der Waals surface area (Å²) in [7, 11) is 0. The van der Waals surface area contributed by atoms with Crippen LogP contribution in [0.3, 0.4) is 0 Å². The van der Waals surface area contributed by atoms with Crippen LogP contribution in [0, 0.1) is 10.1 Å². The predicted molar refractivity (Wildman–Crippen MR) is 113 cm³/mol. The molecule has 0 saturated heterocycles. The van der Waals surface area contributed by atoms with Crippen molar-refractivity contribution >= 4 is 33.7 Å². The van der Waals surface area contributed by atoms with Gasteiger partial charge in [0.1, 0.15) is 12.4 Å². The summed E-state index contributed by atoms with van der Waals surface area (Å²) < 4.78 is 6.56. The summed E-state index contributed by atoms with van der Waals surface area (Å²) in [5, 5.41) is 14.6. The van der Waals surface area contributed by atoms with E-state index in [0.29, 0.717) is 12.4 Å². The summed E-state index contributed by atoms with van der Waals surface area (Å²) in [5.41, 5.74) is 4.41. The quantitative estimate of drug-likeness (QED) is 0.318. The molecule has 0 aliphatic carbocycles. The van der Waals surface area contributed by atoms with Gasteiger partial charge in [-0.2, -0.15) is 5.10 Å². The molecule has 3 aromatic rings. The number of halogens is 1. The van der Waals surface area contributed by atoms with Gasteiger partial charge in [0.2, 0.25) is 0 Å². The lowest BCUT2D eigenvalue weighted by atomic mass is 10.2. The fraction of sp³-hybridized carbons (Fsp3) is 0.0476. The van der Waals surface area contributed by atoms with Gasteiger partial charge >= 0.3 is 0 Å². The van der Waals surface area contributed by atoms with Crippen LogP contribution in [0.5, 0.6) is 5.75 Å². The monoisotopic (exact) mass is 453 g/mol. The molecule has 1 N–H and O–H groups in total. The van der Waals surface area contributed by atoms with Crippen LogP contribution in [0.4, 0.5) is 5.69 Å². The smallest absolute Gasteiger partial charge is 0.271 e. The molecule has 3 aromatic carbocycles. The highest BCUT2D eigenvalue weighted by atomic mass is 79.9. The van der Waals surface area contributed by atoms with Crippen LogP contribution in [0.15, 0.2) is 82.4 Å². The summed E-state index contributed by atoms with van der Waals surface area (Å²) in [6.07, 6.45) is 1.50. The first kappa shape index (κ1) is 20.2. The summed E-state index contributed by atoms with van der Waals surface area (Å²) in [4.78, 5) is 22.2. The minimum absolute atomic E-state index is 0.0792. The predicted octanol–water partition coefficient (Wildman–Crippen LogP) is 4.70. The summed E-state index contributed by atoms with van der Waals surface area (Å²) in [5.74, 6) is 0.235. The first-order chi connectivity index (χ1) is 14.0. The molecule has 29 heavy (non-hydrogen) atoms. The summed E-state index contributed by atoms with van der Waals surface area (Å²) in [6.45, 7) is 0.457. The van der Waals surface area contributed by atoms with Crippen molar-refractivity contribution in [3.63, 3.8) is 0 Å². The van der Waals surface area contributed by atoms with Gasteiger partial charge in [-0.15, -0.1) is 0 Å². The molecule has 0 bridgehead atoms. The Bertz CT molecular complexity index is 1040. The number of nitrogens with zero attached hydrogens (tertiary/aromatic N) is 2. The third-order valence-corrected chi connectivity index (χ3v) is 4.53. The second kappa shape index (κ2) is 9.61. The van der Waals surface area contributed by atoms with Crippen molar-refractivity contribution in [3.8, 4) is 5.75 Å². The van der Waals surface area contributed by atoms with E-state index in [1.165, 1.54) is 30.5 Å². The molecule has 0 aromatic heterocycles. The van der Waals surface area contributed by atoms with Gasteiger partial charge in [0.05, 0.1) is 15.6 Å². The molecule has 0 aliphatic rings. The fourth-order valence-corrected chi connectivity index (χ4v) is 2.93. The van der Waals surface area contributed by atoms with Crippen molar-refractivity contribution in [2.45, 2.75) is 6.61 Å². The van der Waals surface area contributed by atoms with E-state index < -0.39 is 10.8 Å². The topological polar surface area (TPSA) is 93.8 Å². The Labute approximate surface area is 175 Å². The normalized spacial score (nSPS) is 10.7. The SMILES string of the molecule is O=C(N/N=C\c1ccc(OCc2ccccc2)c(Br)c1)c1ccc([N+](=O)[O-])cc1. The number of carbonyl (C=O) groups is 1. The third-order valence-electron chi connectivity index (χ3n) is 3.91. The number of nitrogens with one attached hydrogen (secondary N) is 1. The fourth-order valence-electron chi connectivity index (χ4n) is 2.41. The number of nitro benzene ring substituents is 1. The average molecular weight is 454 g/mol. The molecule has 146 valence electrons. The van der Waals surface area contributed by atoms with Crippen LogP contribution in [-0.4, -0.2) is 17.0 Å². The molecule has 0 atom stereocenters. The molecule has 1 amide bonds. The zero-order valence-electron chi connectivity index (χ0n) is 15.1. The number of hydrogen-bond donors (Lipinski definition) is 1. The van der Waals surface area contributed by atoms with Crippen molar-refractivity contribution in [1.29, 1.82) is 0 Å². The number of non-ortho nitro benzene ring substituents is 1. The van der Waals surface area contributed by atoms with Gasteiger partial charge in [0.15, 0.2) is 0 Å². The summed E-state index contributed by atoms with van der Waals surface area (Å²) in [6, 6.07) is 20.6. The minimum atomic E-state index is -0.523. The van der Waals surface area contributed by atoms with Crippen LogP contribution in [0.25, 0.3) is 0 Å². The second-order valence-electron chi connectivity index (χ2n) is 5.97. The van der Waals surface area contributed by atoms with Gasteiger partial charge in [0, 0.05) is 17.7 Å². The highest BCUT2D eigenvalue weighted by Gasteiger charge is 2.08. The molecule has 3 rings (SSSR count). The first-order valence-electron chi connectivity index (χ1n) is 8.57. The van der Waals surface area contributed by atoms with E-state index in [0.717, 1.165) is 15.6 Å². The number of amides is 1. The standard InChI is InChI=1S/C21H16BrN3O4/c22-19-12-16(6-11-20(19)29-14-15-4-2-1-3-5-15)13-23-24-21(26)17-7-9-18(10-8-17)25(27)28/h1-13H,14H2,(H,24,26)/b23-13-. The zero-order valence-corrected chi connectivity index (χ0v) is 16.7. The van der Waals surface area contributed by atoms with Gasteiger partial charge in [0.25, 0.3) is 11.6 Å². The number of hydrogen-bond acceptors (Lipinski definition) is 5. The van der Waals surface area contributed by atoms with Crippen molar-refractivity contribution in [1.82, 2.24) is 5.43 Å². The van der Waals surface area contributed by atoms with E-state index in [2.05, 4.69) is 26.5 Å². The molecule has 0 spiro atoms. The molecule has 0 saturated carbocycles. The van der Waals surface area contributed by atoms with Gasteiger partial charge in [-0.3, -0.25) is 14.9 Å². The maximum Gasteiger partial charge on any atom is 0.271 e. The van der Waals surface area contributed by atoms with Crippen molar-refractivity contribution in [2.75, 3.05) is 0 Å². The van der Waals surface area contributed by atoms with Crippen molar-refractivity contribution in [3.05, 3.63) is 104 Å². The number of nitro groups is 1. The molecule has 0 heterocycles. The van der Waals surface area contributed by atoms with E-state index in [1.807, 2.05) is 48.5 Å². The van der Waals surface area contributed by atoms with Crippen molar-refractivity contribution in [2.24, 2.45) is 5.10 Å². The maximum atomic E-state index is 12.0.